The van der Waals surface area contributed by atoms with Gasteiger partial charge in [0, 0.05) is 25.5 Å². The summed E-state index contributed by atoms with van der Waals surface area (Å²) in [7, 11) is 1.47. The van der Waals surface area contributed by atoms with Crippen molar-refractivity contribution in [1.82, 2.24) is 14.1 Å². The fourth-order valence-electron chi connectivity index (χ4n) is 2.40. The average molecular weight is 351 g/mol. The molecule has 0 aliphatic rings. The van der Waals surface area contributed by atoms with Gasteiger partial charge in [0.05, 0.1) is 5.69 Å². The summed E-state index contributed by atoms with van der Waals surface area (Å²) in [6.07, 6.45) is 1.79. The lowest BCUT2D eigenvalue weighted by Gasteiger charge is -2.13. The predicted octanol–water partition coefficient (Wildman–Crippen LogP) is 2.12. The van der Waals surface area contributed by atoms with Crippen LogP contribution in [-0.4, -0.2) is 20.7 Å². The van der Waals surface area contributed by atoms with Gasteiger partial charge in [-0.25, -0.2) is 9.78 Å². The largest absolute Gasteiger partial charge is 0.384 e. The third kappa shape index (κ3) is 3.69. The first-order valence-electron chi connectivity index (χ1n) is 8.15. The highest BCUT2D eigenvalue weighted by atomic mass is 32.1. The Morgan fingerprint density at radius 3 is 2.71 bits per heavy atom. The molecule has 0 unspecified atom stereocenters. The van der Waals surface area contributed by atoms with Crippen molar-refractivity contribution in [3.05, 3.63) is 26.2 Å². The van der Waals surface area contributed by atoms with Crippen LogP contribution >= 0.6 is 11.3 Å². The van der Waals surface area contributed by atoms with Crippen LogP contribution in [0.1, 0.15) is 33.6 Å². The van der Waals surface area contributed by atoms with Crippen LogP contribution in [0.3, 0.4) is 0 Å². The summed E-state index contributed by atoms with van der Waals surface area (Å²) in [5.41, 5.74) is 6.11. The maximum atomic E-state index is 12.5. The van der Waals surface area contributed by atoms with E-state index in [1.165, 1.54) is 23.0 Å². The second-order valence-corrected chi connectivity index (χ2v) is 7.06. The van der Waals surface area contributed by atoms with E-state index in [0.717, 1.165) is 29.1 Å². The van der Waals surface area contributed by atoms with Crippen molar-refractivity contribution in [3.8, 4) is 11.3 Å². The van der Waals surface area contributed by atoms with Gasteiger partial charge in [0.25, 0.3) is 5.56 Å². The van der Waals surface area contributed by atoms with Gasteiger partial charge >= 0.3 is 5.69 Å². The van der Waals surface area contributed by atoms with Crippen molar-refractivity contribution < 1.29 is 0 Å². The van der Waals surface area contributed by atoms with Gasteiger partial charge in [0.15, 0.2) is 5.13 Å². The number of hydrogen-bond donors (Lipinski definition) is 2. The van der Waals surface area contributed by atoms with Gasteiger partial charge in [-0.15, -0.1) is 11.3 Å². The first-order valence-corrected chi connectivity index (χ1v) is 9.03. The van der Waals surface area contributed by atoms with Crippen molar-refractivity contribution >= 4 is 22.3 Å². The van der Waals surface area contributed by atoms with Gasteiger partial charge in [-0.1, -0.05) is 20.8 Å². The Kier molecular flexibility index (Phi) is 5.82. The molecule has 0 atom stereocenters. The van der Waals surface area contributed by atoms with Gasteiger partial charge < -0.3 is 11.1 Å². The molecule has 3 N–H and O–H groups in total. The number of nitrogens with two attached hydrogens (primary N) is 1. The van der Waals surface area contributed by atoms with E-state index in [1.807, 2.05) is 6.92 Å². The van der Waals surface area contributed by atoms with Gasteiger partial charge in [-0.05, 0) is 18.8 Å². The van der Waals surface area contributed by atoms with E-state index in [4.69, 9.17) is 5.73 Å². The molecule has 0 aliphatic carbocycles. The average Bonchev–Trinajstić information content (AvgIpc) is 2.98. The summed E-state index contributed by atoms with van der Waals surface area (Å²) >= 11 is 1.43. The standard InChI is InChI=1S/C16H25N5O2S/c1-5-8-21-13(17)12(14(22)20(4)16(21)23)11-9-24-15(19-11)18-7-6-10(2)3/h9-10H,5-8,17H2,1-4H3,(H,18,19). The summed E-state index contributed by atoms with van der Waals surface area (Å²) in [6.45, 7) is 7.58. The maximum Gasteiger partial charge on any atom is 0.332 e. The molecule has 7 nitrogen and oxygen atoms in total. The van der Waals surface area contributed by atoms with E-state index < -0.39 is 11.2 Å². The smallest absolute Gasteiger partial charge is 0.332 e. The predicted molar refractivity (Wildman–Crippen MR) is 99.7 cm³/mol. The minimum absolute atomic E-state index is 0.184. The highest BCUT2D eigenvalue weighted by molar-refractivity contribution is 7.14. The van der Waals surface area contributed by atoms with Crippen molar-refractivity contribution in [1.29, 1.82) is 0 Å². The fraction of sp³-hybridized carbons (Fsp3) is 0.562. The van der Waals surface area contributed by atoms with Crippen LogP contribution in [-0.2, 0) is 13.6 Å². The van der Waals surface area contributed by atoms with Crippen LogP contribution in [0, 0.1) is 5.92 Å². The third-order valence-electron chi connectivity index (χ3n) is 3.79. The molecule has 8 heteroatoms. The van der Waals surface area contributed by atoms with Gasteiger partial charge in [-0.3, -0.25) is 13.9 Å². The molecule has 0 aromatic carbocycles. The zero-order chi connectivity index (χ0) is 17.9. The van der Waals surface area contributed by atoms with E-state index in [0.29, 0.717) is 23.7 Å². The normalized spacial score (nSPS) is 11.2. The van der Waals surface area contributed by atoms with Gasteiger partial charge in [-0.2, -0.15) is 0 Å². The Bertz CT molecular complexity index is 819. The molecule has 2 rings (SSSR count). The molecular weight excluding hydrogens is 326 g/mol. The quantitative estimate of drug-likeness (QED) is 0.797. The van der Waals surface area contributed by atoms with E-state index in [-0.39, 0.29) is 5.82 Å². The minimum atomic E-state index is -0.413. The van der Waals surface area contributed by atoms with Crippen LogP contribution in [0.4, 0.5) is 10.9 Å². The molecule has 0 amide bonds. The van der Waals surface area contributed by atoms with Crippen LogP contribution < -0.4 is 22.3 Å². The van der Waals surface area contributed by atoms with Crippen LogP contribution in [0.15, 0.2) is 15.0 Å². The lowest BCUT2D eigenvalue weighted by molar-refractivity contribution is 0.600. The lowest BCUT2D eigenvalue weighted by Crippen LogP contribution is -2.40. The molecule has 2 aromatic rings. The van der Waals surface area contributed by atoms with E-state index in [2.05, 4.69) is 24.1 Å². The van der Waals surface area contributed by atoms with Gasteiger partial charge in [0.1, 0.15) is 11.4 Å². The molecule has 0 aliphatic heterocycles. The maximum absolute atomic E-state index is 12.5. The van der Waals surface area contributed by atoms with Crippen molar-refractivity contribution in [3.63, 3.8) is 0 Å². The number of nitrogens with one attached hydrogen (secondary N) is 1. The summed E-state index contributed by atoms with van der Waals surface area (Å²) in [5, 5.41) is 5.81. The van der Waals surface area contributed by atoms with E-state index >= 15 is 0 Å². The molecule has 0 saturated heterocycles. The molecule has 0 saturated carbocycles. The third-order valence-corrected chi connectivity index (χ3v) is 4.59. The number of anilines is 2. The van der Waals surface area contributed by atoms with Gasteiger partial charge in [0.2, 0.25) is 0 Å². The lowest BCUT2D eigenvalue weighted by atomic mass is 10.1. The van der Waals surface area contributed by atoms with E-state index in [9.17, 15) is 9.59 Å². The zero-order valence-corrected chi connectivity index (χ0v) is 15.4. The molecule has 0 radical (unpaired) electrons. The molecular formula is C16H25N5O2S. The van der Waals surface area contributed by atoms with Crippen molar-refractivity contribution in [2.24, 2.45) is 13.0 Å². The minimum Gasteiger partial charge on any atom is -0.384 e. The highest BCUT2D eigenvalue weighted by Gasteiger charge is 2.18. The summed E-state index contributed by atoms with van der Waals surface area (Å²) < 4.78 is 2.52. The van der Waals surface area contributed by atoms with Crippen molar-refractivity contribution in [2.45, 2.75) is 40.2 Å². The second kappa shape index (κ2) is 7.65. The zero-order valence-electron chi connectivity index (χ0n) is 14.6. The first kappa shape index (κ1) is 18.3. The first-order chi connectivity index (χ1) is 11.4. The van der Waals surface area contributed by atoms with Crippen LogP contribution in [0.5, 0.6) is 0 Å². The number of aromatic nitrogens is 3. The molecule has 0 bridgehead atoms. The molecule has 2 aromatic heterocycles. The number of thiazole rings is 1. The van der Waals surface area contributed by atoms with Crippen LogP contribution in [0.2, 0.25) is 0 Å². The summed E-state index contributed by atoms with van der Waals surface area (Å²) in [5.74, 6) is 0.793. The number of nitrogen functional groups attached to an aromatic ring is 1. The highest BCUT2D eigenvalue weighted by Crippen LogP contribution is 2.26. The Morgan fingerprint density at radius 2 is 2.08 bits per heavy atom. The Morgan fingerprint density at radius 1 is 1.38 bits per heavy atom. The Hall–Kier alpha value is -2.09. The molecule has 24 heavy (non-hydrogen) atoms. The Labute approximate surface area is 145 Å². The summed E-state index contributed by atoms with van der Waals surface area (Å²) in [4.78, 5) is 29.2. The Balaban J connectivity index is 2.40. The second-order valence-electron chi connectivity index (χ2n) is 6.21. The SMILES string of the molecule is CCCn1c(N)c(-c2csc(NCCC(C)C)n2)c(=O)n(C)c1=O. The fourth-order valence-corrected chi connectivity index (χ4v) is 3.13. The number of hydrogen-bond acceptors (Lipinski definition) is 6. The van der Waals surface area contributed by atoms with Crippen LogP contribution in [0.25, 0.3) is 11.3 Å². The topological polar surface area (TPSA) is 94.9 Å². The molecule has 2 heterocycles. The molecule has 132 valence electrons. The summed E-state index contributed by atoms with van der Waals surface area (Å²) in [6, 6.07) is 0. The number of rotatable bonds is 7. The number of nitrogens with zero attached hydrogens (tertiary/aromatic N) is 3. The van der Waals surface area contributed by atoms with Crippen molar-refractivity contribution in [2.75, 3.05) is 17.6 Å². The monoisotopic (exact) mass is 351 g/mol. The van der Waals surface area contributed by atoms with E-state index in [1.54, 1.807) is 5.38 Å². The molecule has 0 fully saturated rings. The molecule has 0 spiro atoms.